The van der Waals surface area contributed by atoms with Gasteiger partial charge in [0.1, 0.15) is 4.99 Å². The number of thiocarbonyl (C=S) groups is 1. The molecule has 0 bridgehead atoms. The normalized spacial score (nSPS) is 10.5. The highest BCUT2D eigenvalue weighted by Crippen LogP contribution is 2.21. The molecule has 0 radical (unpaired) electrons. The maximum atomic E-state index is 5.69. The Bertz CT molecular complexity index is 547. The SMILES string of the molecule is Cc1cc(C(N)=S)c2nccc(C)c2c1. The van der Waals surface area contributed by atoms with E-state index in [-0.39, 0.29) is 0 Å². The lowest BCUT2D eigenvalue weighted by molar-refractivity contribution is 1.35. The maximum absolute atomic E-state index is 5.69. The summed E-state index contributed by atoms with van der Waals surface area (Å²) in [4.78, 5) is 4.74. The summed E-state index contributed by atoms with van der Waals surface area (Å²) in [5, 5.41) is 1.13. The second kappa shape index (κ2) is 3.59. The van der Waals surface area contributed by atoms with Crippen molar-refractivity contribution in [2.75, 3.05) is 0 Å². The van der Waals surface area contributed by atoms with Crippen LogP contribution in [-0.2, 0) is 0 Å². The molecule has 0 saturated carbocycles. The molecule has 76 valence electrons. The fourth-order valence-electron chi connectivity index (χ4n) is 1.72. The Labute approximate surface area is 94.1 Å². The summed E-state index contributed by atoms with van der Waals surface area (Å²) in [6.07, 6.45) is 1.79. The highest BCUT2D eigenvalue weighted by Gasteiger charge is 2.07. The van der Waals surface area contributed by atoms with Gasteiger partial charge in [0.05, 0.1) is 5.52 Å². The molecule has 0 atom stereocenters. The summed E-state index contributed by atoms with van der Waals surface area (Å²) < 4.78 is 0. The summed E-state index contributed by atoms with van der Waals surface area (Å²) in [5.41, 5.74) is 9.80. The van der Waals surface area contributed by atoms with Crippen LogP contribution in [0.2, 0.25) is 0 Å². The molecule has 0 spiro atoms. The smallest absolute Gasteiger partial charge is 0.106 e. The van der Waals surface area contributed by atoms with Gasteiger partial charge in [0.15, 0.2) is 0 Å². The summed E-state index contributed by atoms with van der Waals surface area (Å²) >= 11 is 5.03. The largest absolute Gasteiger partial charge is 0.389 e. The molecule has 15 heavy (non-hydrogen) atoms. The fraction of sp³-hybridized carbons (Fsp3) is 0.167. The van der Waals surface area contributed by atoms with E-state index in [4.69, 9.17) is 18.0 Å². The first-order valence-corrected chi connectivity index (χ1v) is 5.16. The molecule has 2 N–H and O–H groups in total. The standard InChI is InChI=1S/C12H12N2S/c1-7-5-9-8(2)3-4-14-11(9)10(6-7)12(13)15/h3-6H,1-2H3,(H2,13,15). The van der Waals surface area contributed by atoms with E-state index in [9.17, 15) is 0 Å². The fourth-order valence-corrected chi connectivity index (χ4v) is 1.88. The molecule has 1 heterocycles. The van der Waals surface area contributed by atoms with Crippen LogP contribution in [0.3, 0.4) is 0 Å². The Morgan fingerprint density at radius 3 is 2.73 bits per heavy atom. The first-order valence-electron chi connectivity index (χ1n) is 4.75. The van der Waals surface area contributed by atoms with Crippen molar-refractivity contribution in [2.24, 2.45) is 5.73 Å². The zero-order chi connectivity index (χ0) is 11.0. The highest BCUT2D eigenvalue weighted by atomic mass is 32.1. The molecule has 2 rings (SSSR count). The predicted molar refractivity (Wildman–Crippen MR) is 67.1 cm³/mol. The van der Waals surface area contributed by atoms with Crippen molar-refractivity contribution in [1.82, 2.24) is 4.98 Å². The molecule has 2 nitrogen and oxygen atoms in total. The molecule has 0 fully saturated rings. The van der Waals surface area contributed by atoms with Crippen LogP contribution in [0.5, 0.6) is 0 Å². The summed E-state index contributed by atoms with van der Waals surface area (Å²) in [5.74, 6) is 0. The average molecular weight is 216 g/mol. The third kappa shape index (κ3) is 1.70. The third-order valence-electron chi connectivity index (χ3n) is 2.47. The molecule has 0 unspecified atom stereocenters. The number of hydrogen-bond donors (Lipinski definition) is 1. The highest BCUT2D eigenvalue weighted by molar-refractivity contribution is 7.80. The van der Waals surface area contributed by atoms with Crippen LogP contribution in [0.25, 0.3) is 10.9 Å². The molecule has 0 aliphatic carbocycles. The molecule has 1 aromatic carbocycles. The number of fused-ring (bicyclic) bond motifs is 1. The van der Waals surface area contributed by atoms with Crippen molar-refractivity contribution < 1.29 is 0 Å². The zero-order valence-electron chi connectivity index (χ0n) is 8.74. The van der Waals surface area contributed by atoms with Crippen LogP contribution in [-0.4, -0.2) is 9.97 Å². The average Bonchev–Trinajstić information content (AvgIpc) is 2.18. The summed E-state index contributed by atoms with van der Waals surface area (Å²) in [6, 6.07) is 6.08. The Morgan fingerprint density at radius 1 is 1.33 bits per heavy atom. The monoisotopic (exact) mass is 216 g/mol. The number of aryl methyl sites for hydroxylation is 2. The first kappa shape index (κ1) is 10.1. The number of nitrogens with zero attached hydrogens (tertiary/aromatic N) is 1. The van der Waals surface area contributed by atoms with E-state index >= 15 is 0 Å². The summed E-state index contributed by atoms with van der Waals surface area (Å²) in [7, 11) is 0. The van der Waals surface area contributed by atoms with Crippen molar-refractivity contribution in [3.63, 3.8) is 0 Å². The van der Waals surface area contributed by atoms with E-state index in [2.05, 4.69) is 18.0 Å². The van der Waals surface area contributed by atoms with Crippen LogP contribution >= 0.6 is 12.2 Å². The molecule has 1 aromatic heterocycles. The van der Waals surface area contributed by atoms with Gasteiger partial charge in [0.2, 0.25) is 0 Å². The second-order valence-electron chi connectivity index (χ2n) is 3.70. The lowest BCUT2D eigenvalue weighted by Crippen LogP contribution is -2.11. The van der Waals surface area contributed by atoms with Gasteiger partial charge in [-0.1, -0.05) is 12.2 Å². The number of benzene rings is 1. The molecule has 2 aromatic rings. The van der Waals surface area contributed by atoms with E-state index in [0.717, 1.165) is 22.0 Å². The van der Waals surface area contributed by atoms with Crippen molar-refractivity contribution in [1.29, 1.82) is 0 Å². The lowest BCUT2D eigenvalue weighted by Gasteiger charge is -2.07. The molecule has 0 aliphatic rings. The van der Waals surface area contributed by atoms with Gasteiger partial charge in [0.25, 0.3) is 0 Å². The molecule has 0 saturated heterocycles. The number of hydrogen-bond acceptors (Lipinski definition) is 2. The number of aromatic nitrogens is 1. The van der Waals surface area contributed by atoms with E-state index < -0.39 is 0 Å². The third-order valence-corrected chi connectivity index (χ3v) is 2.69. The van der Waals surface area contributed by atoms with Crippen LogP contribution in [0.1, 0.15) is 16.7 Å². The topological polar surface area (TPSA) is 38.9 Å². The Kier molecular flexibility index (Phi) is 2.40. The first-order chi connectivity index (χ1) is 7.09. The minimum Gasteiger partial charge on any atom is -0.389 e. The van der Waals surface area contributed by atoms with Crippen LogP contribution in [0, 0.1) is 13.8 Å². The van der Waals surface area contributed by atoms with Crippen molar-refractivity contribution >= 4 is 28.1 Å². The summed E-state index contributed by atoms with van der Waals surface area (Å²) in [6.45, 7) is 4.10. The van der Waals surface area contributed by atoms with E-state index in [0.29, 0.717) is 4.99 Å². The van der Waals surface area contributed by atoms with Crippen LogP contribution in [0.15, 0.2) is 24.4 Å². The number of nitrogens with two attached hydrogens (primary N) is 1. The predicted octanol–water partition coefficient (Wildman–Crippen LogP) is 2.49. The van der Waals surface area contributed by atoms with Crippen molar-refractivity contribution in [3.05, 3.63) is 41.1 Å². The zero-order valence-corrected chi connectivity index (χ0v) is 9.56. The van der Waals surface area contributed by atoms with Crippen LogP contribution in [0.4, 0.5) is 0 Å². The lowest BCUT2D eigenvalue weighted by atomic mass is 10.0. The molecular weight excluding hydrogens is 204 g/mol. The molecule has 0 amide bonds. The van der Waals surface area contributed by atoms with Crippen molar-refractivity contribution in [3.8, 4) is 0 Å². The van der Waals surface area contributed by atoms with Gasteiger partial charge in [-0.3, -0.25) is 4.98 Å². The van der Waals surface area contributed by atoms with Gasteiger partial charge in [0, 0.05) is 17.1 Å². The van der Waals surface area contributed by atoms with Gasteiger partial charge in [-0.25, -0.2) is 0 Å². The Hall–Kier alpha value is -1.48. The van der Waals surface area contributed by atoms with Gasteiger partial charge < -0.3 is 5.73 Å². The maximum Gasteiger partial charge on any atom is 0.106 e. The molecular formula is C12H12N2S. The molecule has 0 aliphatic heterocycles. The Balaban J connectivity index is 2.92. The van der Waals surface area contributed by atoms with Gasteiger partial charge in [-0.15, -0.1) is 0 Å². The van der Waals surface area contributed by atoms with E-state index in [1.807, 2.05) is 19.1 Å². The quantitative estimate of drug-likeness (QED) is 0.744. The second-order valence-corrected chi connectivity index (χ2v) is 4.14. The van der Waals surface area contributed by atoms with Gasteiger partial charge in [-0.05, 0) is 43.2 Å². The van der Waals surface area contributed by atoms with E-state index in [1.165, 1.54) is 5.56 Å². The minimum absolute atomic E-state index is 0.404. The van der Waals surface area contributed by atoms with Gasteiger partial charge in [-0.2, -0.15) is 0 Å². The number of rotatable bonds is 1. The minimum atomic E-state index is 0.404. The van der Waals surface area contributed by atoms with Gasteiger partial charge >= 0.3 is 0 Å². The van der Waals surface area contributed by atoms with E-state index in [1.54, 1.807) is 6.20 Å². The number of pyridine rings is 1. The molecule has 3 heteroatoms. The van der Waals surface area contributed by atoms with Crippen LogP contribution < -0.4 is 5.73 Å². The van der Waals surface area contributed by atoms with Crippen molar-refractivity contribution in [2.45, 2.75) is 13.8 Å². The Morgan fingerprint density at radius 2 is 2.07 bits per heavy atom.